The SMILES string of the molecule is O=C1C[C@@H]2[C@@H]3CCC(=O)c4c(O)ccc(c43)[C@]2(O)c2cccc(O)c21. The molecule has 0 spiro atoms. The normalized spacial score (nSPS) is 29.2. The van der Waals surface area contributed by atoms with Crippen LogP contribution in [0.15, 0.2) is 30.3 Å². The minimum Gasteiger partial charge on any atom is -0.507 e. The highest BCUT2D eigenvalue weighted by Gasteiger charge is 2.58. The van der Waals surface area contributed by atoms with Gasteiger partial charge in [-0.3, -0.25) is 9.59 Å². The van der Waals surface area contributed by atoms with Crippen molar-refractivity contribution in [3.05, 3.63) is 58.1 Å². The van der Waals surface area contributed by atoms with Crippen molar-refractivity contribution in [1.82, 2.24) is 0 Å². The average molecular weight is 336 g/mol. The molecule has 3 aliphatic rings. The van der Waals surface area contributed by atoms with Gasteiger partial charge in [-0.15, -0.1) is 0 Å². The van der Waals surface area contributed by atoms with Gasteiger partial charge in [-0.1, -0.05) is 18.2 Å². The van der Waals surface area contributed by atoms with Crippen LogP contribution >= 0.6 is 0 Å². The van der Waals surface area contributed by atoms with E-state index in [-0.39, 0.29) is 46.5 Å². The van der Waals surface area contributed by atoms with Gasteiger partial charge in [-0.25, -0.2) is 0 Å². The summed E-state index contributed by atoms with van der Waals surface area (Å²) in [5.41, 5.74) is 0.646. The van der Waals surface area contributed by atoms with Gasteiger partial charge >= 0.3 is 0 Å². The standard InChI is InChI=1S/C20H16O5/c21-13-3-1-2-10-18(13)16(24)8-12-9-4-6-14(22)19-15(23)7-5-11(17(9)19)20(10,12)25/h1-3,5,7,9,12,21,23,25H,4,6,8H2/t9-,12+,20+/m0/s1. The third-order valence-electron chi connectivity index (χ3n) is 6.13. The monoisotopic (exact) mass is 336 g/mol. The molecule has 3 aliphatic carbocycles. The Bertz CT molecular complexity index is 976. The fourth-order valence-electron chi connectivity index (χ4n) is 5.16. The second kappa shape index (κ2) is 4.49. The van der Waals surface area contributed by atoms with Gasteiger partial charge in [0, 0.05) is 24.3 Å². The lowest BCUT2D eigenvalue weighted by molar-refractivity contribution is 0.00800. The number of Topliss-reactive ketones (excluding diaryl/α,β-unsaturated/α-hetero) is 2. The van der Waals surface area contributed by atoms with E-state index >= 15 is 0 Å². The Hall–Kier alpha value is -2.66. The van der Waals surface area contributed by atoms with Crippen molar-refractivity contribution in [1.29, 1.82) is 0 Å². The van der Waals surface area contributed by atoms with E-state index in [0.717, 1.165) is 0 Å². The van der Waals surface area contributed by atoms with E-state index in [1.165, 1.54) is 12.1 Å². The average Bonchev–Trinajstić information content (AvgIpc) is 2.83. The Morgan fingerprint density at radius 1 is 0.920 bits per heavy atom. The zero-order valence-electron chi connectivity index (χ0n) is 13.3. The number of phenols is 2. The van der Waals surface area contributed by atoms with Crippen molar-refractivity contribution in [2.24, 2.45) is 5.92 Å². The van der Waals surface area contributed by atoms with Gasteiger partial charge in [0.2, 0.25) is 0 Å². The van der Waals surface area contributed by atoms with Crippen LogP contribution in [0, 0.1) is 5.92 Å². The molecule has 0 aliphatic heterocycles. The van der Waals surface area contributed by atoms with E-state index in [1.54, 1.807) is 18.2 Å². The molecule has 0 saturated heterocycles. The molecular formula is C20H16O5. The van der Waals surface area contributed by atoms with E-state index in [4.69, 9.17) is 0 Å². The number of rotatable bonds is 0. The van der Waals surface area contributed by atoms with Crippen LogP contribution in [-0.2, 0) is 5.60 Å². The second-order valence-corrected chi connectivity index (χ2v) is 7.19. The van der Waals surface area contributed by atoms with Gasteiger partial charge in [0.15, 0.2) is 11.6 Å². The topological polar surface area (TPSA) is 94.8 Å². The lowest BCUT2D eigenvalue weighted by atomic mass is 9.67. The molecule has 3 atom stereocenters. The molecule has 25 heavy (non-hydrogen) atoms. The van der Waals surface area contributed by atoms with Crippen LogP contribution in [0.3, 0.4) is 0 Å². The predicted molar refractivity (Wildman–Crippen MR) is 88.0 cm³/mol. The quantitative estimate of drug-likeness (QED) is 0.687. The third-order valence-corrected chi connectivity index (χ3v) is 6.13. The number of carbonyl (C=O) groups is 2. The minimum absolute atomic E-state index is 0.0712. The summed E-state index contributed by atoms with van der Waals surface area (Å²) >= 11 is 0. The van der Waals surface area contributed by atoms with Crippen LogP contribution in [0.4, 0.5) is 0 Å². The number of fused-ring (bicyclic) bond motifs is 5. The van der Waals surface area contributed by atoms with Crippen molar-refractivity contribution in [2.45, 2.75) is 30.8 Å². The van der Waals surface area contributed by atoms with Crippen molar-refractivity contribution < 1.29 is 24.9 Å². The first-order valence-electron chi connectivity index (χ1n) is 8.42. The number of ketones is 2. The fourth-order valence-corrected chi connectivity index (χ4v) is 5.16. The van der Waals surface area contributed by atoms with E-state index in [0.29, 0.717) is 29.5 Å². The molecule has 2 aromatic rings. The van der Waals surface area contributed by atoms with Gasteiger partial charge < -0.3 is 15.3 Å². The maximum Gasteiger partial charge on any atom is 0.167 e. The van der Waals surface area contributed by atoms with Crippen LogP contribution in [0.5, 0.6) is 11.5 Å². The molecule has 0 heterocycles. The molecule has 2 aromatic carbocycles. The number of phenolic OH excluding ortho intramolecular Hbond substituents is 2. The molecule has 0 aromatic heterocycles. The van der Waals surface area contributed by atoms with Crippen molar-refractivity contribution in [3.63, 3.8) is 0 Å². The van der Waals surface area contributed by atoms with E-state index in [9.17, 15) is 24.9 Å². The summed E-state index contributed by atoms with van der Waals surface area (Å²) in [6.07, 6.45) is 0.952. The van der Waals surface area contributed by atoms with E-state index < -0.39 is 11.5 Å². The highest BCUT2D eigenvalue weighted by Crippen LogP contribution is 2.61. The maximum absolute atomic E-state index is 12.7. The van der Waals surface area contributed by atoms with Crippen LogP contribution < -0.4 is 0 Å². The van der Waals surface area contributed by atoms with Gasteiger partial charge in [-0.05, 0) is 35.6 Å². The third kappa shape index (κ3) is 1.57. The Balaban J connectivity index is 1.88. The van der Waals surface area contributed by atoms with E-state index in [2.05, 4.69) is 0 Å². The summed E-state index contributed by atoms with van der Waals surface area (Å²) < 4.78 is 0. The highest BCUT2D eigenvalue weighted by molar-refractivity contribution is 6.05. The number of aromatic hydroxyl groups is 2. The van der Waals surface area contributed by atoms with Crippen molar-refractivity contribution >= 4 is 11.6 Å². The summed E-state index contributed by atoms with van der Waals surface area (Å²) in [5.74, 6) is -1.08. The van der Waals surface area contributed by atoms with Crippen molar-refractivity contribution in [2.75, 3.05) is 0 Å². The number of hydrogen-bond acceptors (Lipinski definition) is 5. The van der Waals surface area contributed by atoms with Gasteiger partial charge in [0.25, 0.3) is 0 Å². The number of aliphatic hydroxyl groups is 1. The van der Waals surface area contributed by atoms with Gasteiger partial charge in [0.05, 0.1) is 11.1 Å². The van der Waals surface area contributed by atoms with Crippen LogP contribution in [0.25, 0.3) is 0 Å². The summed E-state index contributed by atoms with van der Waals surface area (Å²) in [6.45, 7) is 0. The molecule has 3 N–H and O–H groups in total. The number of carbonyl (C=O) groups excluding carboxylic acids is 2. The van der Waals surface area contributed by atoms with Crippen LogP contribution in [0.2, 0.25) is 0 Å². The smallest absolute Gasteiger partial charge is 0.167 e. The first-order chi connectivity index (χ1) is 11.9. The van der Waals surface area contributed by atoms with Crippen LogP contribution in [-0.4, -0.2) is 26.9 Å². The predicted octanol–water partition coefficient (Wildman–Crippen LogP) is 2.61. The highest BCUT2D eigenvalue weighted by atomic mass is 16.3. The van der Waals surface area contributed by atoms with Crippen molar-refractivity contribution in [3.8, 4) is 11.5 Å². The fraction of sp³-hybridized carbons (Fsp3) is 0.300. The molecule has 0 fully saturated rings. The zero-order valence-corrected chi connectivity index (χ0v) is 13.3. The molecule has 126 valence electrons. The van der Waals surface area contributed by atoms with Gasteiger partial charge in [0.1, 0.15) is 17.1 Å². The second-order valence-electron chi connectivity index (χ2n) is 7.19. The summed E-state index contributed by atoms with van der Waals surface area (Å²) in [6, 6.07) is 7.80. The Morgan fingerprint density at radius 2 is 1.68 bits per heavy atom. The zero-order chi connectivity index (χ0) is 17.5. The number of benzene rings is 2. The molecule has 0 bridgehead atoms. The molecule has 5 nitrogen and oxygen atoms in total. The minimum atomic E-state index is -1.44. The maximum atomic E-state index is 12.7. The Kier molecular flexibility index (Phi) is 2.63. The lowest BCUT2D eigenvalue weighted by Gasteiger charge is -2.39. The largest absolute Gasteiger partial charge is 0.507 e. The number of hydrogen-bond donors (Lipinski definition) is 3. The first kappa shape index (κ1) is 14.7. The lowest BCUT2D eigenvalue weighted by Crippen LogP contribution is -2.40. The summed E-state index contributed by atoms with van der Waals surface area (Å²) in [7, 11) is 0. The Labute approximate surface area is 143 Å². The summed E-state index contributed by atoms with van der Waals surface area (Å²) in [4.78, 5) is 25.0. The molecular weight excluding hydrogens is 320 g/mol. The van der Waals surface area contributed by atoms with Gasteiger partial charge in [-0.2, -0.15) is 0 Å². The first-order valence-corrected chi connectivity index (χ1v) is 8.42. The van der Waals surface area contributed by atoms with E-state index in [1.807, 2.05) is 0 Å². The molecule has 5 rings (SSSR count). The Morgan fingerprint density at radius 3 is 2.48 bits per heavy atom. The summed E-state index contributed by atoms with van der Waals surface area (Å²) in [5, 5.41) is 32.1. The molecule has 5 heteroatoms. The molecule has 0 saturated carbocycles. The van der Waals surface area contributed by atoms with Crippen LogP contribution in [0.1, 0.15) is 62.6 Å². The molecule has 0 unspecified atom stereocenters. The molecule has 0 radical (unpaired) electrons. The molecule has 0 amide bonds.